The van der Waals surface area contributed by atoms with Crippen molar-refractivity contribution in [3.63, 3.8) is 0 Å². The quantitative estimate of drug-likeness (QED) is 0.299. The first-order valence-electron chi connectivity index (χ1n) is 10.8. The van der Waals surface area contributed by atoms with Crippen LogP contribution in [0.1, 0.15) is 0 Å². The van der Waals surface area contributed by atoms with Gasteiger partial charge in [0.15, 0.2) is 0 Å². The van der Waals surface area contributed by atoms with Crippen LogP contribution >= 0.6 is 0 Å². The smallest absolute Gasteiger partial charge is 0.0709 e. The van der Waals surface area contributed by atoms with Gasteiger partial charge in [-0.3, -0.25) is 0 Å². The first kappa shape index (κ1) is 18.5. The number of para-hydroxylation sites is 2. The minimum Gasteiger partial charge on any atom is -0.248 e. The molecule has 0 saturated heterocycles. The third-order valence-corrected chi connectivity index (χ3v) is 5.89. The summed E-state index contributed by atoms with van der Waals surface area (Å²) in [6, 6.07) is 42.1. The largest absolute Gasteiger partial charge is 0.248 e. The van der Waals surface area contributed by atoms with Gasteiger partial charge in [-0.2, -0.15) is 0 Å². The van der Waals surface area contributed by atoms with Crippen molar-refractivity contribution in [1.82, 2.24) is 9.97 Å². The van der Waals surface area contributed by atoms with Crippen LogP contribution in [0.4, 0.5) is 0 Å². The number of benzene rings is 4. The Morgan fingerprint density at radius 2 is 0.688 bits per heavy atom. The monoisotopic (exact) mass is 408 g/mol. The van der Waals surface area contributed by atoms with Gasteiger partial charge in [0, 0.05) is 21.9 Å². The zero-order valence-electron chi connectivity index (χ0n) is 17.4. The minimum absolute atomic E-state index is 0.993. The van der Waals surface area contributed by atoms with Crippen LogP contribution in [0.3, 0.4) is 0 Å². The summed E-state index contributed by atoms with van der Waals surface area (Å²) in [6.07, 6.45) is 0. The topological polar surface area (TPSA) is 25.8 Å². The Hall–Kier alpha value is -4.30. The Bertz CT molecular complexity index is 1430. The van der Waals surface area contributed by atoms with E-state index in [1.54, 1.807) is 0 Å². The maximum absolute atomic E-state index is 4.81. The molecule has 0 fully saturated rings. The van der Waals surface area contributed by atoms with E-state index >= 15 is 0 Å². The van der Waals surface area contributed by atoms with E-state index < -0.39 is 0 Å². The molecule has 0 aliphatic rings. The average molecular weight is 409 g/mol. The molecule has 6 aromatic rings. The van der Waals surface area contributed by atoms with E-state index in [0.29, 0.717) is 0 Å². The van der Waals surface area contributed by atoms with Gasteiger partial charge in [-0.15, -0.1) is 0 Å². The average Bonchev–Trinajstić information content (AvgIpc) is 2.88. The summed E-state index contributed by atoms with van der Waals surface area (Å²) in [6.45, 7) is 0. The Morgan fingerprint density at radius 3 is 1.12 bits per heavy atom. The molecule has 0 aliphatic heterocycles. The molecule has 0 radical (unpaired) electrons. The van der Waals surface area contributed by atoms with Gasteiger partial charge in [0.2, 0.25) is 0 Å². The second-order valence-corrected chi connectivity index (χ2v) is 7.93. The van der Waals surface area contributed by atoms with Crippen molar-refractivity contribution >= 4 is 21.8 Å². The molecule has 0 atom stereocenters. The van der Waals surface area contributed by atoms with Crippen LogP contribution in [-0.2, 0) is 0 Å². The highest BCUT2D eigenvalue weighted by Crippen LogP contribution is 2.28. The molecule has 2 nitrogen and oxygen atoms in total. The Kier molecular flexibility index (Phi) is 4.47. The van der Waals surface area contributed by atoms with Crippen molar-refractivity contribution < 1.29 is 0 Å². The molecule has 4 aromatic carbocycles. The maximum atomic E-state index is 4.81. The van der Waals surface area contributed by atoms with Crippen LogP contribution < -0.4 is 0 Å². The number of hydrogen-bond acceptors (Lipinski definition) is 2. The summed E-state index contributed by atoms with van der Waals surface area (Å²) in [5.74, 6) is 0. The van der Waals surface area contributed by atoms with E-state index in [2.05, 4.69) is 97.1 Å². The van der Waals surface area contributed by atoms with Gasteiger partial charge in [-0.05, 0) is 35.4 Å². The molecule has 0 N–H and O–H groups in total. The molecular formula is C30H20N2. The van der Waals surface area contributed by atoms with Gasteiger partial charge in [0.1, 0.15) is 0 Å². The van der Waals surface area contributed by atoms with Crippen LogP contribution in [0.5, 0.6) is 0 Å². The highest BCUT2D eigenvalue weighted by Gasteiger charge is 2.05. The van der Waals surface area contributed by atoms with E-state index in [4.69, 9.17) is 9.97 Å². The molecule has 2 heterocycles. The molecule has 0 unspecified atom stereocenters. The number of fused-ring (bicyclic) bond motifs is 2. The Labute approximate surface area is 186 Å². The lowest BCUT2D eigenvalue weighted by Gasteiger charge is -2.07. The van der Waals surface area contributed by atoms with Gasteiger partial charge >= 0.3 is 0 Å². The number of pyridine rings is 2. The van der Waals surface area contributed by atoms with E-state index in [9.17, 15) is 0 Å². The predicted molar refractivity (Wildman–Crippen MR) is 133 cm³/mol. The highest BCUT2D eigenvalue weighted by molar-refractivity contribution is 5.83. The number of hydrogen-bond donors (Lipinski definition) is 0. The van der Waals surface area contributed by atoms with E-state index in [1.807, 2.05) is 24.3 Å². The third-order valence-electron chi connectivity index (χ3n) is 5.89. The van der Waals surface area contributed by atoms with Gasteiger partial charge in [-0.25, -0.2) is 9.97 Å². The summed E-state index contributed by atoms with van der Waals surface area (Å²) in [4.78, 5) is 9.62. The van der Waals surface area contributed by atoms with Crippen LogP contribution in [0.2, 0.25) is 0 Å². The molecule has 2 aromatic heterocycles. The summed E-state index contributed by atoms with van der Waals surface area (Å²) in [7, 11) is 0. The fraction of sp³-hybridized carbons (Fsp3) is 0. The fourth-order valence-corrected chi connectivity index (χ4v) is 4.12. The van der Waals surface area contributed by atoms with Crippen molar-refractivity contribution in [3.8, 4) is 33.6 Å². The zero-order valence-corrected chi connectivity index (χ0v) is 17.4. The highest BCUT2D eigenvalue weighted by atomic mass is 14.7. The molecule has 32 heavy (non-hydrogen) atoms. The predicted octanol–water partition coefficient (Wildman–Crippen LogP) is 7.78. The van der Waals surface area contributed by atoms with E-state index in [0.717, 1.165) is 44.3 Å². The molecule has 0 bridgehead atoms. The summed E-state index contributed by atoms with van der Waals surface area (Å²) >= 11 is 0. The molecule has 0 saturated carbocycles. The van der Waals surface area contributed by atoms with E-state index in [-0.39, 0.29) is 0 Å². The summed E-state index contributed by atoms with van der Waals surface area (Å²) in [5.41, 5.74) is 8.65. The van der Waals surface area contributed by atoms with Crippen molar-refractivity contribution in [2.24, 2.45) is 0 Å². The SMILES string of the molecule is c1ccc2nc(-c3ccc(-c4ccc(-c5ccc6ccccc6n5)cc4)cc3)ccc2c1. The van der Waals surface area contributed by atoms with Crippen LogP contribution in [-0.4, -0.2) is 9.97 Å². The first-order valence-corrected chi connectivity index (χ1v) is 10.8. The summed E-state index contributed by atoms with van der Waals surface area (Å²) < 4.78 is 0. The van der Waals surface area contributed by atoms with Gasteiger partial charge in [-0.1, -0.05) is 97.1 Å². The van der Waals surface area contributed by atoms with Crippen LogP contribution in [0.25, 0.3) is 55.4 Å². The first-order chi connectivity index (χ1) is 15.8. The van der Waals surface area contributed by atoms with E-state index in [1.165, 1.54) is 11.1 Å². The molecule has 150 valence electrons. The number of rotatable bonds is 3. The molecular weight excluding hydrogens is 388 g/mol. The van der Waals surface area contributed by atoms with Crippen LogP contribution in [0, 0.1) is 0 Å². The second kappa shape index (κ2) is 7.75. The Morgan fingerprint density at radius 1 is 0.312 bits per heavy atom. The third kappa shape index (κ3) is 3.42. The van der Waals surface area contributed by atoms with Crippen LogP contribution in [0.15, 0.2) is 121 Å². The fourth-order valence-electron chi connectivity index (χ4n) is 4.12. The minimum atomic E-state index is 0.993. The second-order valence-electron chi connectivity index (χ2n) is 7.93. The van der Waals surface area contributed by atoms with Crippen molar-refractivity contribution in [2.75, 3.05) is 0 Å². The lowest BCUT2D eigenvalue weighted by Crippen LogP contribution is -1.87. The molecule has 2 heteroatoms. The van der Waals surface area contributed by atoms with Gasteiger partial charge in [0.05, 0.1) is 22.4 Å². The number of aromatic nitrogens is 2. The molecule has 0 amide bonds. The lowest BCUT2D eigenvalue weighted by molar-refractivity contribution is 1.39. The standard InChI is InChI=1S/C30H20N2/c1-3-7-27-23(5-1)17-19-29(31-27)25-13-9-21(10-14-25)22-11-15-26(16-12-22)30-20-18-24-6-2-4-8-28(24)32-30/h1-20H. The lowest BCUT2D eigenvalue weighted by atomic mass is 10.00. The normalized spacial score (nSPS) is 11.1. The van der Waals surface area contributed by atoms with Crippen molar-refractivity contribution in [1.29, 1.82) is 0 Å². The number of nitrogens with zero attached hydrogens (tertiary/aromatic N) is 2. The van der Waals surface area contributed by atoms with Crippen molar-refractivity contribution in [2.45, 2.75) is 0 Å². The Balaban J connectivity index is 1.27. The molecule has 6 rings (SSSR count). The van der Waals surface area contributed by atoms with Gasteiger partial charge in [0.25, 0.3) is 0 Å². The van der Waals surface area contributed by atoms with Gasteiger partial charge < -0.3 is 0 Å². The van der Waals surface area contributed by atoms with Crippen molar-refractivity contribution in [3.05, 3.63) is 121 Å². The molecule has 0 spiro atoms. The summed E-state index contributed by atoms with van der Waals surface area (Å²) in [5, 5.41) is 2.32. The maximum Gasteiger partial charge on any atom is 0.0709 e. The zero-order chi connectivity index (χ0) is 21.3. The molecule has 0 aliphatic carbocycles.